The topological polar surface area (TPSA) is 26.0 Å². The second-order valence-corrected chi connectivity index (χ2v) is 5.88. The molecule has 0 saturated heterocycles. The minimum atomic E-state index is -0.817. The molecule has 0 saturated carbocycles. The summed E-state index contributed by atoms with van der Waals surface area (Å²) in [5.41, 5.74) is 0.889. The maximum atomic E-state index is 6.09. The van der Waals surface area contributed by atoms with Crippen LogP contribution in [-0.2, 0) is 0 Å². The monoisotopic (exact) mass is 159 g/mol. The Morgan fingerprint density at radius 1 is 1.20 bits per heavy atom. The predicted molar refractivity (Wildman–Crippen MR) is 50.8 cm³/mol. The molecule has 0 radical (unpaired) electrons. The normalized spacial score (nSPS) is 14.1. The van der Waals surface area contributed by atoms with Crippen LogP contribution in [-0.4, -0.2) is 8.96 Å². The van der Waals surface area contributed by atoms with Gasteiger partial charge < -0.3 is 5.40 Å². The Hall–Kier alpha value is 0.177. The molecule has 10 heavy (non-hydrogen) atoms. The van der Waals surface area contributed by atoms with Gasteiger partial charge in [0.25, 0.3) is 0 Å². The fourth-order valence-corrected chi connectivity index (χ4v) is 3.81. The number of rotatable bonds is 5. The molecule has 0 aromatic carbocycles. The van der Waals surface area contributed by atoms with Crippen molar-refractivity contribution in [1.29, 1.82) is 0 Å². The third kappa shape index (κ3) is 3.37. The Bertz CT molecular complexity index is 71.7. The molecule has 0 spiro atoms. The molecule has 0 bridgehead atoms. The molecule has 0 heterocycles. The van der Waals surface area contributed by atoms with Crippen molar-refractivity contribution < 1.29 is 0 Å². The summed E-state index contributed by atoms with van der Waals surface area (Å²) in [6.07, 6.45) is 3.87. The fourth-order valence-electron chi connectivity index (χ4n) is 1.46. The average molecular weight is 159 g/mol. The molecule has 1 nitrogen and oxygen atoms in total. The van der Waals surface area contributed by atoms with Gasteiger partial charge >= 0.3 is 0 Å². The average Bonchev–Trinajstić information content (AvgIpc) is 1.91. The van der Waals surface area contributed by atoms with Gasteiger partial charge in [-0.3, -0.25) is 0 Å². The number of hydrogen-bond donors (Lipinski definition) is 1. The van der Waals surface area contributed by atoms with Crippen LogP contribution in [0, 0.1) is 0 Å². The van der Waals surface area contributed by atoms with Crippen LogP contribution in [0.15, 0.2) is 0 Å². The summed E-state index contributed by atoms with van der Waals surface area (Å²) >= 11 is 0. The third-order valence-electron chi connectivity index (χ3n) is 2.28. The van der Waals surface area contributed by atoms with Crippen LogP contribution in [0.2, 0.25) is 11.6 Å². The lowest BCUT2D eigenvalue weighted by Gasteiger charge is -2.18. The summed E-state index contributed by atoms with van der Waals surface area (Å²) in [5, 5.41) is 6.09. The Balaban J connectivity index is 3.53. The molecular formula is C8H21NSi. The summed E-state index contributed by atoms with van der Waals surface area (Å²) in [4.78, 5) is 0. The van der Waals surface area contributed by atoms with Crippen molar-refractivity contribution in [3.05, 3.63) is 0 Å². The van der Waals surface area contributed by atoms with Crippen LogP contribution in [0.25, 0.3) is 0 Å². The second kappa shape index (κ2) is 5.92. The van der Waals surface area contributed by atoms with Gasteiger partial charge in [-0.1, -0.05) is 40.0 Å². The largest absolute Gasteiger partial charge is 0.353 e. The van der Waals surface area contributed by atoms with E-state index < -0.39 is 8.96 Å². The molecule has 0 aliphatic heterocycles. The molecule has 2 heteroatoms. The summed E-state index contributed by atoms with van der Waals surface area (Å²) in [6.45, 7) is 6.75. The highest BCUT2D eigenvalue weighted by atomic mass is 28.3. The summed E-state index contributed by atoms with van der Waals surface area (Å²) < 4.78 is 0. The Labute approximate surface area is 66.7 Å². The lowest BCUT2D eigenvalue weighted by Crippen LogP contribution is -2.30. The van der Waals surface area contributed by atoms with Gasteiger partial charge in [-0.15, -0.1) is 0 Å². The van der Waals surface area contributed by atoms with Crippen LogP contribution in [0.3, 0.4) is 0 Å². The summed E-state index contributed by atoms with van der Waals surface area (Å²) in [5.74, 6) is 0. The molecule has 0 aromatic heterocycles. The van der Waals surface area contributed by atoms with Crippen molar-refractivity contribution in [3.8, 4) is 0 Å². The van der Waals surface area contributed by atoms with Crippen LogP contribution in [0.1, 0.15) is 40.0 Å². The number of hydrogen-bond acceptors (Lipinski definition) is 1. The quantitative estimate of drug-likeness (QED) is 0.612. The first-order valence-corrected chi connectivity index (χ1v) is 6.66. The van der Waals surface area contributed by atoms with E-state index in [1.165, 1.54) is 25.3 Å². The molecule has 1 unspecified atom stereocenters. The molecule has 0 fully saturated rings. The summed E-state index contributed by atoms with van der Waals surface area (Å²) in [7, 11) is -0.817. The Morgan fingerprint density at radius 3 is 2.00 bits per heavy atom. The van der Waals surface area contributed by atoms with Crippen LogP contribution in [0.4, 0.5) is 0 Å². The second-order valence-electron chi connectivity index (χ2n) is 3.03. The van der Waals surface area contributed by atoms with Crippen molar-refractivity contribution in [2.45, 2.75) is 51.6 Å². The van der Waals surface area contributed by atoms with E-state index in [9.17, 15) is 0 Å². The van der Waals surface area contributed by atoms with Crippen molar-refractivity contribution in [1.82, 2.24) is 0 Å². The molecule has 0 aliphatic carbocycles. The zero-order valence-electron chi connectivity index (χ0n) is 7.56. The SMILES string of the molecule is CCC[SiH](N)C(CC)CC. The number of nitrogens with two attached hydrogens (primary N) is 1. The van der Waals surface area contributed by atoms with Gasteiger partial charge in [-0.25, -0.2) is 0 Å². The molecule has 1 atom stereocenters. The van der Waals surface area contributed by atoms with Crippen molar-refractivity contribution in [2.75, 3.05) is 0 Å². The maximum absolute atomic E-state index is 6.09. The maximum Gasteiger partial charge on any atom is 0.109 e. The molecule has 62 valence electrons. The van der Waals surface area contributed by atoms with E-state index in [4.69, 9.17) is 5.40 Å². The highest BCUT2D eigenvalue weighted by molar-refractivity contribution is 6.56. The van der Waals surface area contributed by atoms with Gasteiger partial charge in [-0.05, 0) is 11.6 Å². The molecule has 0 rings (SSSR count). The van der Waals surface area contributed by atoms with Crippen LogP contribution < -0.4 is 5.40 Å². The molecule has 0 amide bonds. The van der Waals surface area contributed by atoms with Crippen LogP contribution in [0.5, 0.6) is 0 Å². The molecule has 0 aliphatic rings. The van der Waals surface area contributed by atoms with Gasteiger partial charge in [0.15, 0.2) is 0 Å². The van der Waals surface area contributed by atoms with E-state index in [1.807, 2.05) is 0 Å². The van der Waals surface area contributed by atoms with Crippen molar-refractivity contribution in [3.63, 3.8) is 0 Å². The van der Waals surface area contributed by atoms with Crippen molar-refractivity contribution >= 4 is 8.96 Å². The Morgan fingerprint density at radius 2 is 1.70 bits per heavy atom. The van der Waals surface area contributed by atoms with Crippen LogP contribution >= 0.6 is 0 Å². The minimum absolute atomic E-state index is 0.817. The van der Waals surface area contributed by atoms with Gasteiger partial charge in [0.1, 0.15) is 8.96 Å². The predicted octanol–water partition coefficient (Wildman–Crippen LogP) is 2.27. The molecule has 0 aromatic rings. The van der Waals surface area contributed by atoms with Crippen molar-refractivity contribution in [2.24, 2.45) is 5.40 Å². The van der Waals surface area contributed by atoms with E-state index >= 15 is 0 Å². The van der Waals surface area contributed by atoms with E-state index in [-0.39, 0.29) is 0 Å². The molecule has 2 N–H and O–H groups in total. The van der Waals surface area contributed by atoms with E-state index in [2.05, 4.69) is 20.8 Å². The van der Waals surface area contributed by atoms with Gasteiger partial charge in [0.05, 0.1) is 0 Å². The zero-order valence-corrected chi connectivity index (χ0v) is 8.72. The highest BCUT2D eigenvalue weighted by Gasteiger charge is 2.13. The van der Waals surface area contributed by atoms with E-state index in [0.717, 1.165) is 5.54 Å². The smallest absolute Gasteiger partial charge is 0.109 e. The zero-order chi connectivity index (χ0) is 7.98. The fraction of sp³-hybridized carbons (Fsp3) is 1.00. The van der Waals surface area contributed by atoms with E-state index in [1.54, 1.807) is 0 Å². The van der Waals surface area contributed by atoms with Gasteiger partial charge in [0.2, 0.25) is 0 Å². The molecular weight excluding hydrogens is 138 g/mol. The van der Waals surface area contributed by atoms with E-state index in [0.29, 0.717) is 0 Å². The lowest BCUT2D eigenvalue weighted by atomic mass is 10.3. The summed E-state index contributed by atoms with van der Waals surface area (Å²) in [6, 6.07) is 1.33. The minimum Gasteiger partial charge on any atom is -0.353 e. The Kier molecular flexibility index (Phi) is 6.03. The van der Waals surface area contributed by atoms with Gasteiger partial charge in [0, 0.05) is 0 Å². The standard InChI is InChI=1S/C8H21NSi/c1-4-7-10(9)8(5-2)6-3/h8,10H,4-7,9H2,1-3H3. The third-order valence-corrected chi connectivity index (χ3v) is 5.67. The first-order valence-electron chi connectivity index (χ1n) is 4.51. The first kappa shape index (κ1) is 10.2. The van der Waals surface area contributed by atoms with Gasteiger partial charge in [-0.2, -0.15) is 0 Å². The highest BCUT2D eigenvalue weighted by Crippen LogP contribution is 2.19. The first-order chi connectivity index (χ1) is 4.76. The lowest BCUT2D eigenvalue weighted by molar-refractivity contribution is 0.738.